The molecule has 6 aliphatic rings. The molecule has 4 heteroatoms. The van der Waals surface area contributed by atoms with E-state index >= 15 is 0 Å². The van der Waals surface area contributed by atoms with Crippen molar-refractivity contribution in [2.75, 3.05) is 26.2 Å². The molecule has 0 unspecified atom stereocenters. The summed E-state index contributed by atoms with van der Waals surface area (Å²) in [6.07, 6.45) is 19.4. The summed E-state index contributed by atoms with van der Waals surface area (Å²) in [4.78, 5) is 2.62. The first-order valence-corrected chi connectivity index (χ1v) is 14.6. The van der Waals surface area contributed by atoms with E-state index in [1.165, 1.54) is 95.8 Å². The zero-order valence-electron chi connectivity index (χ0n) is 21.5. The van der Waals surface area contributed by atoms with Gasteiger partial charge in [-0.1, -0.05) is 13.8 Å². The molecule has 4 saturated carbocycles. The van der Waals surface area contributed by atoms with E-state index in [0.717, 1.165) is 24.4 Å². The fraction of sp³-hybridized carbons (Fsp3) is 0.867. The predicted octanol–water partition coefficient (Wildman–Crippen LogP) is 6.41. The Labute approximate surface area is 206 Å². The third kappa shape index (κ3) is 3.13. The summed E-state index contributed by atoms with van der Waals surface area (Å²) in [5, 5.41) is 0. The van der Waals surface area contributed by atoms with Gasteiger partial charge in [-0.15, -0.1) is 0 Å². The molecule has 0 aromatic carbocycles. The number of fused-ring (bicyclic) bond motifs is 3. The Bertz CT molecular complexity index is 880. The smallest absolute Gasteiger partial charge is 0.104 e. The Morgan fingerprint density at radius 1 is 1.03 bits per heavy atom. The standard InChI is InChI=1S/C30H45NO3/c1-28-11-8-23(33-16-5-15-31-13-3-4-14-31)18-22(28)6-7-25-24(28)9-12-29(2)26(21-10-17-32-20-21)19-27-30(25,29)34-27/h10,17,20,22-27H,3-9,11-16,18-19H2,1-2H3/t22-,23+,24+,25-,26-,27+,28+,29-,30+/m1/s1. The molecule has 0 amide bonds. The van der Waals surface area contributed by atoms with Crippen LogP contribution in [-0.2, 0) is 9.47 Å². The second-order valence-electron chi connectivity index (χ2n) is 13.4. The summed E-state index contributed by atoms with van der Waals surface area (Å²) >= 11 is 0. The first-order chi connectivity index (χ1) is 16.5. The van der Waals surface area contributed by atoms with Crippen LogP contribution in [-0.4, -0.2) is 49.0 Å². The van der Waals surface area contributed by atoms with E-state index < -0.39 is 0 Å². The number of hydrogen-bond donors (Lipinski definition) is 0. The highest BCUT2D eigenvalue weighted by molar-refractivity contribution is 5.35. The average molecular weight is 468 g/mol. The van der Waals surface area contributed by atoms with E-state index in [1.54, 1.807) is 0 Å². The van der Waals surface area contributed by atoms with Crippen molar-refractivity contribution < 1.29 is 13.9 Å². The van der Waals surface area contributed by atoms with Crippen molar-refractivity contribution >= 4 is 0 Å². The molecule has 2 aliphatic heterocycles. The number of hydrogen-bond acceptors (Lipinski definition) is 4. The van der Waals surface area contributed by atoms with Gasteiger partial charge in [-0.3, -0.25) is 0 Å². The minimum atomic E-state index is 0.148. The van der Waals surface area contributed by atoms with E-state index in [4.69, 9.17) is 13.9 Å². The van der Waals surface area contributed by atoms with Crippen LogP contribution in [0.3, 0.4) is 0 Å². The highest BCUT2D eigenvalue weighted by Gasteiger charge is 2.80. The Balaban J connectivity index is 1.01. The number of ether oxygens (including phenoxy) is 2. The summed E-state index contributed by atoms with van der Waals surface area (Å²) in [7, 11) is 0. The largest absolute Gasteiger partial charge is 0.472 e. The molecule has 4 aliphatic carbocycles. The lowest BCUT2D eigenvalue weighted by Crippen LogP contribution is -2.58. The van der Waals surface area contributed by atoms with Crippen LogP contribution >= 0.6 is 0 Å². The van der Waals surface area contributed by atoms with E-state index in [1.807, 2.05) is 12.5 Å². The number of likely N-dealkylation sites (tertiary alicyclic amines) is 1. The summed E-state index contributed by atoms with van der Waals surface area (Å²) < 4.78 is 18.7. The summed E-state index contributed by atoms with van der Waals surface area (Å²) in [6, 6.07) is 2.21. The van der Waals surface area contributed by atoms with Crippen LogP contribution in [0.4, 0.5) is 0 Å². The Morgan fingerprint density at radius 3 is 2.74 bits per heavy atom. The molecule has 2 saturated heterocycles. The molecular formula is C30H45NO3. The number of epoxide rings is 1. The Hall–Kier alpha value is -0.840. The van der Waals surface area contributed by atoms with Crippen molar-refractivity contribution in [3.05, 3.63) is 24.2 Å². The molecule has 1 aromatic heterocycles. The van der Waals surface area contributed by atoms with Gasteiger partial charge in [0.05, 0.1) is 24.7 Å². The maximum Gasteiger partial charge on any atom is 0.104 e. The topological polar surface area (TPSA) is 38.1 Å². The zero-order chi connectivity index (χ0) is 23.0. The van der Waals surface area contributed by atoms with E-state index in [2.05, 4.69) is 24.8 Å². The number of furan rings is 1. The molecule has 0 bridgehead atoms. The van der Waals surface area contributed by atoms with E-state index in [-0.39, 0.29) is 11.0 Å². The third-order valence-electron chi connectivity index (χ3n) is 12.2. The van der Waals surface area contributed by atoms with Gasteiger partial charge in [0.15, 0.2) is 0 Å². The molecule has 6 fully saturated rings. The van der Waals surface area contributed by atoms with Crippen molar-refractivity contribution in [3.8, 4) is 0 Å². The molecule has 188 valence electrons. The minimum Gasteiger partial charge on any atom is -0.472 e. The van der Waals surface area contributed by atoms with Crippen LogP contribution in [0.15, 0.2) is 23.0 Å². The molecule has 1 aromatic rings. The van der Waals surface area contributed by atoms with Gasteiger partial charge >= 0.3 is 0 Å². The van der Waals surface area contributed by atoms with Gasteiger partial charge < -0.3 is 18.8 Å². The fourth-order valence-electron chi connectivity index (χ4n) is 10.3. The number of nitrogens with zero attached hydrogens (tertiary/aromatic N) is 1. The second-order valence-corrected chi connectivity index (χ2v) is 13.4. The van der Waals surface area contributed by atoms with Crippen molar-refractivity contribution in [1.82, 2.24) is 4.90 Å². The predicted molar refractivity (Wildman–Crippen MR) is 133 cm³/mol. The lowest BCUT2D eigenvalue weighted by molar-refractivity contribution is -0.145. The molecular weight excluding hydrogens is 422 g/mol. The van der Waals surface area contributed by atoms with Crippen LogP contribution in [0.5, 0.6) is 0 Å². The highest BCUT2D eigenvalue weighted by Crippen LogP contribution is 2.78. The Kier molecular flexibility index (Phi) is 5.32. The van der Waals surface area contributed by atoms with Gasteiger partial charge in [0.2, 0.25) is 0 Å². The first-order valence-electron chi connectivity index (χ1n) is 14.6. The van der Waals surface area contributed by atoms with Gasteiger partial charge in [-0.25, -0.2) is 0 Å². The van der Waals surface area contributed by atoms with Gasteiger partial charge in [0, 0.05) is 18.6 Å². The lowest BCUT2D eigenvalue weighted by atomic mass is 9.44. The third-order valence-corrected chi connectivity index (χ3v) is 12.2. The van der Waals surface area contributed by atoms with Gasteiger partial charge in [0.1, 0.15) is 5.60 Å². The highest BCUT2D eigenvalue weighted by atomic mass is 16.6. The molecule has 34 heavy (non-hydrogen) atoms. The van der Waals surface area contributed by atoms with Crippen molar-refractivity contribution in [2.45, 2.75) is 108 Å². The lowest BCUT2D eigenvalue weighted by Gasteiger charge is -2.61. The number of rotatable bonds is 6. The quantitative estimate of drug-likeness (QED) is 0.358. The van der Waals surface area contributed by atoms with E-state index in [9.17, 15) is 0 Å². The second kappa shape index (κ2) is 8.08. The van der Waals surface area contributed by atoms with Gasteiger partial charge in [-0.05, 0) is 124 Å². The molecule has 7 rings (SSSR count). The average Bonchev–Trinajstić information content (AvgIpc) is 3.26. The van der Waals surface area contributed by atoms with Gasteiger partial charge in [-0.2, -0.15) is 0 Å². The molecule has 9 atom stereocenters. The summed E-state index contributed by atoms with van der Waals surface area (Å²) in [5.74, 6) is 3.05. The molecule has 3 heterocycles. The van der Waals surface area contributed by atoms with Crippen LogP contribution in [0, 0.1) is 28.6 Å². The Morgan fingerprint density at radius 2 is 1.91 bits per heavy atom. The van der Waals surface area contributed by atoms with Crippen LogP contribution in [0.25, 0.3) is 0 Å². The van der Waals surface area contributed by atoms with Crippen LogP contribution in [0.2, 0.25) is 0 Å². The van der Waals surface area contributed by atoms with Crippen molar-refractivity contribution in [3.63, 3.8) is 0 Å². The van der Waals surface area contributed by atoms with Crippen molar-refractivity contribution in [1.29, 1.82) is 0 Å². The minimum absolute atomic E-state index is 0.148. The monoisotopic (exact) mass is 467 g/mol. The SMILES string of the molecule is C[C@]12CC[C@H](OCCCN3CCCC3)C[C@H]1CC[C@@H]1[C@@H]2CC[C@]2(C)[C@@H](c3ccoc3)C[C@@H]3O[C@]312. The van der Waals surface area contributed by atoms with Gasteiger partial charge in [0.25, 0.3) is 0 Å². The van der Waals surface area contributed by atoms with Crippen molar-refractivity contribution in [2.24, 2.45) is 28.6 Å². The first kappa shape index (κ1) is 22.4. The molecule has 0 radical (unpaired) electrons. The molecule has 1 spiro atoms. The normalized spacial score (nSPS) is 49.8. The summed E-state index contributed by atoms with van der Waals surface area (Å²) in [6.45, 7) is 10.0. The van der Waals surface area contributed by atoms with Crippen LogP contribution in [0.1, 0.15) is 96.0 Å². The fourth-order valence-corrected chi connectivity index (χ4v) is 10.3. The van der Waals surface area contributed by atoms with E-state index in [0.29, 0.717) is 23.5 Å². The molecule has 0 N–H and O–H groups in total. The van der Waals surface area contributed by atoms with Crippen LogP contribution < -0.4 is 0 Å². The maximum atomic E-state index is 6.74. The zero-order valence-corrected chi connectivity index (χ0v) is 21.5. The summed E-state index contributed by atoms with van der Waals surface area (Å²) in [5.41, 5.74) is 2.33. The maximum absolute atomic E-state index is 6.74. The molecule has 4 nitrogen and oxygen atoms in total.